The zero-order valence-electron chi connectivity index (χ0n) is 8.48. The summed E-state index contributed by atoms with van der Waals surface area (Å²) in [6, 6.07) is 0. The van der Waals surface area contributed by atoms with Crippen molar-refractivity contribution in [3.8, 4) is 0 Å². The number of hydrogen-bond donors (Lipinski definition) is 0. The summed E-state index contributed by atoms with van der Waals surface area (Å²) in [6.45, 7) is 8.42. The molecule has 0 aromatic heterocycles. The van der Waals surface area contributed by atoms with Gasteiger partial charge >= 0.3 is 0 Å². The van der Waals surface area contributed by atoms with Crippen molar-refractivity contribution in [3.05, 3.63) is 0 Å². The molecule has 0 rings (SSSR count). The molecule has 0 unspecified atom stereocenters. The Bertz CT molecular complexity index is 77.9. The number of rotatable bonds is 8. The van der Waals surface area contributed by atoms with Crippen LogP contribution in [0, 0.1) is 0 Å². The first kappa shape index (κ1) is 12.7. The van der Waals surface area contributed by atoms with Crippen molar-refractivity contribution in [1.82, 2.24) is 4.90 Å². The lowest BCUT2D eigenvalue weighted by molar-refractivity contribution is 0.283. The summed E-state index contributed by atoms with van der Waals surface area (Å²) in [6.07, 6.45) is 5.37. The van der Waals surface area contributed by atoms with E-state index in [0.717, 1.165) is 0 Å². The number of unbranched alkanes of at least 4 members (excludes halogenated alkanes) is 2. The lowest BCUT2D eigenvalue weighted by Crippen LogP contribution is -2.27. The largest absolute Gasteiger partial charge is 0.303 e. The highest BCUT2D eigenvalue weighted by molar-refractivity contribution is 14.1. The van der Waals surface area contributed by atoms with Crippen LogP contribution in [-0.4, -0.2) is 29.0 Å². The minimum Gasteiger partial charge on any atom is -0.303 e. The van der Waals surface area contributed by atoms with E-state index in [4.69, 9.17) is 0 Å². The van der Waals surface area contributed by atoms with Crippen molar-refractivity contribution < 1.29 is 0 Å². The van der Waals surface area contributed by atoms with Gasteiger partial charge in [0.15, 0.2) is 0 Å². The average Bonchev–Trinajstić information content (AvgIpc) is 2.10. The fraction of sp³-hybridized carbons (Fsp3) is 1.00. The quantitative estimate of drug-likeness (QED) is 0.488. The van der Waals surface area contributed by atoms with Crippen LogP contribution in [0.2, 0.25) is 0 Å². The van der Waals surface area contributed by atoms with Crippen molar-refractivity contribution >= 4 is 22.6 Å². The van der Waals surface area contributed by atoms with Gasteiger partial charge in [0, 0.05) is 11.0 Å². The summed E-state index contributed by atoms with van der Waals surface area (Å²) in [5.41, 5.74) is 0. The molecule has 0 saturated heterocycles. The molecule has 0 aliphatic carbocycles. The first-order valence-electron chi connectivity index (χ1n) is 5.13. The van der Waals surface area contributed by atoms with Crippen LogP contribution in [0.3, 0.4) is 0 Å². The molecule has 0 aliphatic heterocycles. The van der Waals surface area contributed by atoms with Crippen molar-refractivity contribution in [2.24, 2.45) is 0 Å². The highest BCUT2D eigenvalue weighted by atomic mass is 127. The van der Waals surface area contributed by atoms with Crippen LogP contribution >= 0.6 is 22.6 Å². The second kappa shape index (κ2) is 9.78. The van der Waals surface area contributed by atoms with Gasteiger partial charge < -0.3 is 4.90 Å². The second-order valence-electron chi connectivity index (χ2n) is 3.24. The van der Waals surface area contributed by atoms with Gasteiger partial charge in [0.2, 0.25) is 0 Å². The maximum absolute atomic E-state index is 2.60. The van der Waals surface area contributed by atoms with E-state index < -0.39 is 0 Å². The van der Waals surface area contributed by atoms with Crippen molar-refractivity contribution in [3.63, 3.8) is 0 Å². The summed E-state index contributed by atoms with van der Waals surface area (Å²) < 4.78 is 1.27. The van der Waals surface area contributed by atoms with Crippen molar-refractivity contribution in [1.29, 1.82) is 0 Å². The summed E-state index contributed by atoms with van der Waals surface area (Å²) in [5, 5.41) is 0. The molecule has 0 N–H and O–H groups in total. The monoisotopic (exact) mass is 283 g/mol. The third kappa shape index (κ3) is 7.35. The minimum absolute atomic E-state index is 1.27. The first-order valence-corrected chi connectivity index (χ1v) is 6.66. The molecular formula is C10H22IN. The average molecular weight is 283 g/mol. The maximum atomic E-state index is 2.60. The predicted molar refractivity (Wildman–Crippen MR) is 65.1 cm³/mol. The highest BCUT2D eigenvalue weighted by Gasteiger charge is 2.01. The molecule has 0 amide bonds. The molecule has 74 valence electrons. The molecule has 2 heteroatoms. The Balaban J connectivity index is 3.40. The third-order valence-corrected chi connectivity index (χ3v) is 2.54. The minimum atomic E-state index is 1.27. The van der Waals surface area contributed by atoms with Gasteiger partial charge in [-0.15, -0.1) is 0 Å². The van der Waals surface area contributed by atoms with E-state index in [-0.39, 0.29) is 0 Å². The SMILES string of the molecule is CCCCN(CCI)CCCC. The summed E-state index contributed by atoms with van der Waals surface area (Å²) in [4.78, 5) is 2.60. The van der Waals surface area contributed by atoms with Crippen LogP contribution in [0.4, 0.5) is 0 Å². The lowest BCUT2D eigenvalue weighted by atomic mass is 10.2. The van der Waals surface area contributed by atoms with E-state index in [9.17, 15) is 0 Å². The zero-order valence-corrected chi connectivity index (χ0v) is 10.6. The molecule has 0 spiro atoms. The van der Waals surface area contributed by atoms with Gasteiger partial charge in [0.1, 0.15) is 0 Å². The van der Waals surface area contributed by atoms with Crippen LogP contribution in [0.25, 0.3) is 0 Å². The topological polar surface area (TPSA) is 3.24 Å². The van der Waals surface area contributed by atoms with E-state index in [0.29, 0.717) is 0 Å². The van der Waals surface area contributed by atoms with Crippen molar-refractivity contribution in [2.75, 3.05) is 24.1 Å². The van der Waals surface area contributed by atoms with Gasteiger partial charge in [0.05, 0.1) is 0 Å². The van der Waals surface area contributed by atoms with Gasteiger partial charge in [-0.05, 0) is 25.9 Å². The number of alkyl halides is 1. The molecule has 0 bridgehead atoms. The Kier molecular flexibility index (Phi) is 10.3. The van der Waals surface area contributed by atoms with E-state index in [1.807, 2.05) is 0 Å². The highest BCUT2D eigenvalue weighted by Crippen LogP contribution is 1.99. The van der Waals surface area contributed by atoms with Gasteiger partial charge in [0.25, 0.3) is 0 Å². The molecule has 0 aromatic rings. The lowest BCUT2D eigenvalue weighted by Gasteiger charge is -2.20. The number of hydrogen-bond acceptors (Lipinski definition) is 1. The van der Waals surface area contributed by atoms with Crippen LogP contribution in [0.5, 0.6) is 0 Å². The molecule has 0 aromatic carbocycles. The summed E-state index contributed by atoms with van der Waals surface area (Å²) in [7, 11) is 0. The molecule has 0 heterocycles. The Hall–Kier alpha value is 0.690. The first-order chi connectivity index (χ1) is 5.85. The van der Waals surface area contributed by atoms with Crippen LogP contribution in [0.1, 0.15) is 39.5 Å². The van der Waals surface area contributed by atoms with Gasteiger partial charge in [-0.3, -0.25) is 0 Å². The van der Waals surface area contributed by atoms with Gasteiger partial charge in [-0.1, -0.05) is 49.3 Å². The second-order valence-corrected chi connectivity index (χ2v) is 4.32. The predicted octanol–water partition coefficient (Wildman–Crippen LogP) is 3.32. The zero-order chi connectivity index (χ0) is 9.23. The smallest absolute Gasteiger partial charge is 0.0123 e. The molecule has 0 aliphatic rings. The number of halogens is 1. The van der Waals surface area contributed by atoms with Crippen LogP contribution in [-0.2, 0) is 0 Å². The molecule has 1 nitrogen and oxygen atoms in total. The molecule has 0 atom stereocenters. The fourth-order valence-electron chi connectivity index (χ4n) is 1.22. The van der Waals surface area contributed by atoms with Gasteiger partial charge in [-0.2, -0.15) is 0 Å². The molecule has 12 heavy (non-hydrogen) atoms. The normalized spacial score (nSPS) is 11.0. The van der Waals surface area contributed by atoms with E-state index in [2.05, 4.69) is 41.3 Å². The van der Waals surface area contributed by atoms with E-state index >= 15 is 0 Å². The Labute approximate surface area is 91.0 Å². The Morgan fingerprint density at radius 1 is 0.917 bits per heavy atom. The van der Waals surface area contributed by atoms with E-state index in [1.54, 1.807) is 0 Å². The van der Waals surface area contributed by atoms with Crippen LogP contribution in [0.15, 0.2) is 0 Å². The molecular weight excluding hydrogens is 261 g/mol. The third-order valence-electron chi connectivity index (χ3n) is 2.06. The molecule has 0 radical (unpaired) electrons. The van der Waals surface area contributed by atoms with Crippen molar-refractivity contribution in [2.45, 2.75) is 39.5 Å². The Morgan fingerprint density at radius 2 is 1.42 bits per heavy atom. The number of nitrogens with zero attached hydrogens (tertiary/aromatic N) is 1. The van der Waals surface area contributed by atoms with E-state index in [1.165, 1.54) is 49.7 Å². The summed E-state index contributed by atoms with van der Waals surface area (Å²) >= 11 is 2.46. The van der Waals surface area contributed by atoms with Gasteiger partial charge in [-0.25, -0.2) is 0 Å². The maximum Gasteiger partial charge on any atom is 0.0123 e. The molecule has 0 saturated carbocycles. The van der Waals surface area contributed by atoms with Crippen LogP contribution < -0.4 is 0 Å². The summed E-state index contributed by atoms with van der Waals surface area (Å²) in [5.74, 6) is 0. The molecule has 0 fully saturated rings. The Morgan fingerprint density at radius 3 is 1.75 bits per heavy atom. The fourth-order valence-corrected chi connectivity index (χ4v) is 1.90. The standard InChI is InChI=1S/C10H22IN/c1-3-5-8-12(10-7-11)9-6-4-2/h3-10H2,1-2H3.